The number of phenolic OH excluding ortho intramolecular Hbond substituents is 1. The molecule has 0 atom stereocenters. The van der Waals surface area contributed by atoms with E-state index in [0.717, 1.165) is 16.5 Å². The SMILES string of the molecule is C[n+]1cccc2cccc(O)c21.Cc1ccc(S(=O)(=O)[O-])cc1. The smallest absolute Gasteiger partial charge is 0.254 e. The molecule has 1 aromatic heterocycles. The van der Waals surface area contributed by atoms with E-state index in [9.17, 15) is 18.1 Å². The summed E-state index contributed by atoms with van der Waals surface area (Å²) in [5, 5.41) is 10.6. The molecule has 0 bridgehead atoms. The molecule has 0 aliphatic carbocycles. The molecule has 0 aliphatic heterocycles. The van der Waals surface area contributed by atoms with E-state index in [0.29, 0.717) is 5.75 Å². The van der Waals surface area contributed by atoms with E-state index >= 15 is 0 Å². The predicted molar refractivity (Wildman–Crippen MR) is 85.9 cm³/mol. The fourth-order valence-electron chi connectivity index (χ4n) is 2.12. The largest absolute Gasteiger partial charge is 0.744 e. The van der Waals surface area contributed by atoms with Crippen molar-refractivity contribution < 1.29 is 22.6 Å². The Labute approximate surface area is 135 Å². The quantitative estimate of drug-likeness (QED) is 0.548. The van der Waals surface area contributed by atoms with Crippen molar-refractivity contribution in [2.45, 2.75) is 11.8 Å². The molecule has 2 aromatic carbocycles. The van der Waals surface area contributed by atoms with Gasteiger partial charge in [-0.1, -0.05) is 23.8 Å². The fraction of sp³-hybridized carbons (Fsp3) is 0.118. The van der Waals surface area contributed by atoms with E-state index in [-0.39, 0.29) is 4.90 Å². The van der Waals surface area contributed by atoms with E-state index in [1.54, 1.807) is 18.2 Å². The Hall–Kier alpha value is -2.44. The Bertz CT molecular complexity index is 882. The minimum Gasteiger partial charge on any atom is -0.744 e. The molecule has 120 valence electrons. The zero-order valence-corrected chi connectivity index (χ0v) is 13.6. The van der Waals surface area contributed by atoms with E-state index in [1.807, 2.05) is 49.0 Å². The molecule has 6 heteroatoms. The minimum atomic E-state index is -4.27. The summed E-state index contributed by atoms with van der Waals surface area (Å²) in [4.78, 5) is -0.178. The van der Waals surface area contributed by atoms with Crippen LogP contribution in [0.15, 0.2) is 65.7 Å². The molecular weight excluding hydrogens is 314 g/mol. The molecule has 0 aliphatic rings. The lowest BCUT2D eigenvalue weighted by molar-refractivity contribution is -0.645. The van der Waals surface area contributed by atoms with Crippen molar-refractivity contribution in [1.82, 2.24) is 0 Å². The van der Waals surface area contributed by atoms with E-state index in [4.69, 9.17) is 0 Å². The molecule has 0 saturated carbocycles. The molecule has 1 N–H and O–H groups in total. The molecule has 0 saturated heterocycles. The van der Waals surface area contributed by atoms with Gasteiger partial charge in [0.2, 0.25) is 0 Å². The van der Waals surface area contributed by atoms with Crippen LogP contribution < -0.4 is 4.57 Å². The zero-order chi connectivity index (χ0) is 17.0. The van der Waals surface area contributed by atoms with Gasteiger partial charge in [0, 0.05) is 6.07 Å². The van der Waals surface area contributed by atoms with Gasteiger partial charge in [-0.25, -0.2) is 8.42 Å². The maximum atomic E-state index is 10.4. The van der Waals surface area contributed by atoms with Crippen molar-refractivity contribution >= 4 is 21.0 Å². The Morgan fingerprint density at radius 1 is 1.00 bits per heavy atom. The summed E-state index contributed by atoms with van der Waals surface area (Å²) in [6.45, 7) is 1.82. The van der Waals surface area contributed by atoms with Crippen molar-refractivity contribution in [2.24, 2.45) is 7.05 Å². The van der Waals surface area contributed by atoms with Gasteiger partial charge in [-0.05, 0) is 37.3 Å². The molecule has 0 fully saturated rings. The first-order valence-electron chi connectivity index (χ1n) is 6.88. The van der Waals surface area contributed by atoms with Crippen LogP contribution in [0.2, 0.25) is 0 Å². The van der Waals surface area contributed by atoms with Crippen molar-refractivity contribution in [3.63, 3.8) is 0 Å². The third kappa shape index (κ3) is 4.28. The number of benzene rings is 2. The minimum absolute atomic E-state index is 0.178. The average Bonchev–Trinajstić information content (AvgIpc) is 2.48. The Balaban J connectivity index is 0.000000168. The second kappa shape index (κ2) is 6.76. The van der Waals surface area contributed by atoms with Crippen LogP contribution in [0.3, 0.4) is 0 Å². The van der Waals surface area contributed by atoms with Crippen LogP contribution in [0.1, 0.15) is 5.56 Å². The van der Waals surface area contributed by atoms with Crippen molar-refractivity contribution in [3.05, 3.63) is 66.4 Å². The number of aryl methyl sites for hydroxylation is 2. The van der Waals surface area contributed by atoms with Crippen LogP contribution in [-0.2, 0) is 17.2 Å². The topological polar surface area (TPSA) is 81.3 Å². The number of phenols is 1. The summed E-state index contributed by atoms with van der Waals surface area (Å²) in [7, 11) is -2.35. The highest BCUT2D eigenvalue weighted by Crippen LogP contribution is 2.19. The normalized spacial score (nSPS) is 10.9. The zero-order valence-electron chi connectivity index (χ0n) is 12.8. The second-order valence-corrected chi connectivity index (χ2v) is 6.48. The fourth-order valence-corrected chi connectivity index (χ4v) is 2.59. The Morgan fingerprint density at radius 2 is 1.61 bits per heavy atom. The van der Waals surface area contributed by atoms with Gasteiger partial charge in [0.1, 0.15) is 17.2 Å². The number of fused-ring (bicyclic) bond motifs is 1. The number of hydrogen-bond donors (Lipinski definition) is 1. The first-order chi connectivity index (χ1) is 10.8. The molecule has 0 spiro atoms. The summed E-state index contributed by atoms with van der Waals surface area (Å²) >= 11 is 0. The van der Waals surface area contributed by atoms with Crippen molar-refractivity contribution in [1.29, 1.82) is 0 Å². The predicted octanol–water partition coefficient (Wildman–Crippen LogP) is 2.27. The average molecular weight is 331 g/mol. The lowest BCUT2D eigenvalue weighted by Crippen LogP contribution is -2.27. The Kier molecular flexibility index (Phi) is 4.98. The third-order valence-electron chi connectivity index (χ3n) is 3.29. The first kappa shape index (κ1) is 16.9. The highest BCUT2D eigenvalue weighted by molar-refractivity contribution is 7.85. The lowest BCUT2D eigenvalue weighted by Gasteiger charge is -2.05. The number of para-hydroxylation sites is 1. The van der Waals surface area contributed by atoms with Gasteiger partial charge >= 0.3 is 0 Å². The van der Waals surface area contributed by atoms with Gasteiger partial charge in [0.15, 0.2) is 11.9 Å². The number of rotatable bonds is 1. The monoisotopic (exact) mass is 331 g/mol. The number of pyridine rings is 1. The van der Waals surface area contributed by atoms with Crippen LogP contribution in [0.4, 0.5) is 0 Å². The summed E-state index contributed by atoms with van der Waals surface area (Å²) < 4.78 is 33.1. The molecule has 3 rings (SSSR count). The Morgan fingerprint density at radius 3 is 2.17 bits per heavy atom. The van der Waals surface area contributed by atoms with Gasteiger partial charge in [0.25, 0.3) is 5.52 Å². The molecule has 0 amide bonds. The molecule has 23 heavy (non-hydrogen) atoms. The lowest BCUT2D eigenvalue weighted by atomic mass is 10.2. The molecule has 0 radical (unpaired) electrons. The van der Waals surface area contributed by atoms with E-state index in [1.165, 1.54) is 12.1 Å². The van der Waals surface area contributed by atoms with Crippen LogP contribution in [-0.4, -0.2) is 18.1 Å². The molecule has 3 aromatic rings. The maximum absolute atomic E-state index is 10.4. The van der Waals surface area contributed by atoms with Gasteiger partial charge in [-0.15, -0.1) is 0 Å². The summed E-state index contributed by atoms with van der Waals surface area (Å²) in [6.07, 6.45) is 1.92. The second-order valence-electron chi connectivity index (χ2n) is 5.10. The summed E-state index contributed by atoms with van der Waals surface area (Å²) in [5.41, 5.74) is 1.80. The third-order valence-corrected chi connectivity index (χ3v) is 4.14. The molecule has 0 unspecified atom stereocenters. The van der Waals surface area contributed by atoms with Gasteiger partial charge in [-0.3, -0.25) is 0 Å². The number of hydrogen-bond acceptors (Lipinski definition) is 4. The molecule has 5 nitrogen and oxygen atoms in total. The number of aromatic hydroxyl groups is 1. The van der Waals surface area contributed by atoms with Crippen LogP contribution in [0, 0.1) is 6.92 Å². The molecular formula is C17H17NO4S. The standard InChI is InChI=1S/C10H9NO.C7H8O3S/c1-11-7-3-5-8-4-2-6-9(12)10(8)11;1-6-2-4-7(5-3-6)11(8,9)10/h2-7H,1H3;2-5H,1H3,(H,8,9,10). The van der Waals surface area contributed by atoms with Gasteiger partial charge < -0.3 is 9.66 Å². The number of nitrogens with zero attached hydrogens (tertiary/aromatic N) is 1. The van der Waals surface area contributed by atoms with E-state index in [2.05, 4.69) is 0 Å². The molecule has 1 heterocycles. The maximum Gasteiger partial charge on any atom is 0.254 e. The van der Waals surface area contributed by atoms with Crippen molar-refractivity contribution in [3.8, 4) is 5.75 Å². The van der Waals surface area contributed by atoms with Crippen LogP contribution >= 0.6 is 0 Å². The van der Waals surface area contributed by atoms with Crippen LogP contribution in [0.5, 0.6) is 5.75 Å². The highest BCUT2D eigenvalue weighted by atomic mass is 32.2. The van der Waals surface area contributed by atoms with E-state index < -0.39 is 10.1 Å². The van der Waals surface area contributed by atoms with Gasteiger partial charge in [-0.2, -0.15) is 4.57 Å². The van der Waals surface area contributed by atoms with Crippen LogP contribution in [0.25, 0.3) is 10.9 Å². The van der Waals surface area contributed by atoms with Gasteiger partial charge in [0.05, 0.1) is 10.3 Å². The summed E-state index contributed by atoms with van der Waals surface area (Å²) in [6, 6.07) is 15.2. The summed E-state index contributed by atoms with van der Waals surface area (Å²) in [5.74, 6) is 0.329. The highest BCUT2D eigenvalue weighted by Gasteiger charge is 2.07. The first-order valence-corrected chi connectivity index (χ1v) is 8.29. The number of aromatic nitrogens is 1. The van der Waals surface area contributed by atoms with Crippen molar-refractivity contribution in [2.75, 3.05) is 0 Å².